The lowest BCUT2D eigenvalue weighted by Crippen LogP contribution is -2.29. The van der Waals surface area contributed by atoms with Crippen LogP contribution in [0.3, 0.4) is 0 Å². The molecule has 5 heteroatoms. The molecule has 3 nitrogen and oxygen atoms in total. The zero-order valence-corrected chi connectivity index (χ0v) is 15.3. The molecule has 24 heavy (non-hydrogen) atoms. The number of nitrogens with one attached hydrogen (secondary N) is 1. The van der Waals surface area contributed by atoms with Crippen LogP contribution in [0.25, 0.3) is 0 Å². The van der Waals surface area contributed by atoms with Crippen LogP contribution >= 0.6 is 23.4 Å². The summed E-state index contributed by atoms with van der Waals surface area (Å²) < 4.78 is 5.63. The lowest BCUT2D eigenvalue weighted by molar-refractivity contribution is -0.118. The van der Waals surface area contributed by atoms with Gasteiger partial charge >= 0.3 is 0 Å². The highest BCUT2D eigenvalue weighted by Gasteiger charge is 2.03. The van der Waals surface area contributed by atoms with Gasteiger partial charge < -0.3 is 10.1 Å². The van der Waals surface area contributed by atoms with Crippen molar-refractivity contribution in [2.24, 2.45) is 0 Å². The van der Waals surface area contributed by atoms with Gasteiger partial charge in [0.15, 0.2) is 0 Å². The minimum Gasteiger partial charge on any atom is -0.492 e. The number of benzene rings is 2. The second-order valence-corrected chi connectivity index (χ2v) is 6.82. The van der Waals surface area contributed by atoms with Crippen molar-refractivity contribution in [2.45, 2.75) is 24.7 Å². The Morgan fingerprint density at radius 2 is 1.83 bits per heavy atom. The molecule has 0 radical (unpaired) electrons. The van der Waals surface area contributed by atoms with Crippen LogP contribution in [0.5, 0.6) is 5.75 Å². The van der Waals surface area contributed by atoms with Crippen molar-refractivity contribution < 1.29 is 9.53 Å². The fourth-order valence-electron chi connectivity index (χ4n) is 2.13. The van der Waals surface area contributed by atoms with Crippen molar-refractivity contribution in [1.82, 2.24) is 5.32 Å². The number of ether oxygens (including phenoxy) is 1. The van der Waals surface area contributed by atoms with Gasteiger partial charge in [-0.3, -0.25) is 4.79 Å². The molecular formula is C19H22ClNO2S. The number of hydrogen-bond acceptors (Lipinski definition) is 3. The predicted molar refractivity (Wildman–Crippen MR) is 101 cm³/mol. The second kappa shape index (κ2) is 10.3. The Hall–Kier alpha value is -1.65. The van der Waals surface area contributed by atoms with Crippen LogP contribution in [-0.4, -0.2) is 24.8 Å². The molecule has 1 N–H and O–H groups in total. The summed E-state index contributed by atoms with van der Waals surface area (Å²) in [5.41, 5.74) is 1.32. The quantitative estimate of drug-likeness (QED) is 0.523. The molecular weight excluding hydrogens is 342 g/mol. The maximum Gasteiger partial charge on any atom is 0.230 e. The van der Waals surface area contributed by atoms with E-state index in [9.17, 15) is 4.79 Å². The number of amides is 1. The molecule has 0 aromatic heterocycles. The molecule has 128 valence electrons. The summed E-state index contributed by atoms with van der Waals surface area (Å²) in [6.45, 7) is 3.12. The van der Waals surface area contributed by atoms with Gasteiger partial charge in [-0.05, 0) is 48.4 Å². The van der Waals surface area contributed by atoms with Gasteiger partial charge in [0.05, 0.1) is 12.3 Å². The highest BCUT2D eigenvalue weighted by atomic mass is 35.5. The Morgan fingerprint density at radius 1 is 1.12 bits per heavy atom. The first-order valence-corrected chi connectivity index (χ1v) is 9.40. The number of rotatable bonds is 9. The van der Waals surface area contributed by atoms with Crippen LogP contribution in [0.15, 0.2) is 53.4 Å². The zero-order chi connectivity index (χ0) is 17.2. The molecule has 0 unspecified atom stereocenters. The minimum absolute atomic E-state index is 0.00292. The van der Waals surface area contributed by atoms with Crippen LogP contribution in [0.2, 0.25) is 5.02 Å². The number of hydrogen-bond donors (Lipinski definition) is 1. The normalized spacial score (nSPS) is 10.4. The van der Waals surface area contributed by atoms with Gasteiger partial charge in [0.1, 0.15) is 12.4 Å². The third-order valence-corrected chi connectivity index (χ3v) is 4.60. The Kier molecular flexibility index (Phi) is 7.99. The van der Waals surface area contributed by atoms with Crippen molar-refractivity contribution in [2.75, 3.05) is 18.9 Å². The fourth-order valence-corrected chi connectivity index (χ4v) is 2.99. The first-order valence-electron chi connectivity index (χ1n) is 8.04. The summed E-state index contributed by atoms with van der Waals surface area (Å²) in [6, 6.07) is 15.6. The molecule has 2 aromatic carbocycles. The molecule has 0 heterocycles. The van der Waals surface area contributed by atoms with Crippen molar-refractivity contribution in [3.63, 3.8) is 0 Å². The Labute approximate surface area is 152 Å². The van der Waals surface area contributed by atoms with E-state index < -0.39 is 0 Å². The van der Waals surface area contributed by atoms with Crippen molar-refractivity contribution in [3.8, 4) is 5.75 Å². The van der Waals surface area contributed by atoms with Gasteiger partial charge in [-0.1, -0.05) is 37.1 Å². The molecule has 0 bridgehead atoms. The van der Waals surface area contributed by atoms with Crippen LogP contribution in [0.4, 0.5) is 0 Å². The second-order valence-electron chi connectivity index (χ2n) is 5.33. The average Bonchev–Trinajstić information content (AvgIpc) is 2.60. The largest absolute Gasteiger partial charge is 0.492 e. The molecule has 0 saturated carbocycles. The molecule has 0 fully saturated rings. The number of thioether (sulfide) groups is 1. The van der Waals surface area contributed by atoms with Crippen LogP contribution in [0, 0.1) is 0 Å². The van der Waals surface area contributed by atoms with E-state index in [0.29, 0.717) is 23.9 Å². The molecule has 0 aliphatic heterocycles. The van der Waals surface area contributed by atoms with Crippen LogP contribution in [0.1, 0.15) is 18.9 Å². The molecule has 0 aliphatic rings. The smallest absolute Gasteiger partial charge is 0.230 e. The zero-order valence-electron chi connectivity index (χ0n) is 13.8. The highest BCUT2D eigenvalue weighted by Crippen LogP contribution is 2.19. The Morgan fingerprint density at radius 3 is 2.50 bits per heavy atom. The summed E-state index contributed by atoms with van der Waals surface area (Å²) in [7, 11) is 0. The maximum atomic E-state index is 11.8. The van der Waals surface area contributed by atoms with E-state index in [4.69, 9.17) is 16.3 Å². The molecule has 0 spiro atoms. The van der Waals surface area contributed by atoms with E-state index in [2.05, 4.69) is 24.4 Å². The summed E-state index contributed by atoms with van der Waals surface area (Å²) in [5, 5.41) is 3.55. The van der Waals surface area contributed by atoms with E-state index in [-0.39, 0.29) is 5.91 Å². The molecule has 1 amide bonds. The van der Waals surface area contributed by atoms with Gasteiger partial charge in [-0.15, -0.1) is 11.8 Å². The van der Waals surface area contributed by atoms with E-state index in [0.717, 1.165) is 23.5 Å². The summed E-state index contributed by atoms with van der Waals surface area (Å²) in [4.78, 5) is 12.8. The van der Waals surface area contributed by atoms with Gasteiger partial charge in [-0.2, -0.15) is 0 Å². The number of aryl methyl sites for hydroxylation is 1. The van der Waals surface area contributed by atoms with Crippen molar-refractivity contribution >= 4 is 29.3 Å². The predicted octanol–water partition coefficient (Wildman–Crippen LogP) is 4.58. The first kappa shape index (κ1) is 18.7. The van der Waals surface area contributed by atoms with Crippen LogP contribution in [-0.2, 0) is 11.2 Å². The SMILES string of the molecule is CCCc1ccc(OCCNC(=O)CSc2ccc(Cl)cc2)cc1. The number of halogens is 1. The third kappa shape index (κ3) is 6.85. The van der Waals surface area contributed by atoms with E-state index in [1.807, 2.05) is 36.4 Å². The maximum absolute atomic E-state index is 11.8. The van der Waals surface area contributed by atoms with E-state index in [1.165, 1.54) is 17.3 Å². The topological polar surface area (TPSA) is 38.3 Å². The van der Waals surface area contributed by atoms with Gasteiger partial charge in [0, 0.05) is 9.92 Å². The standard InChI is InChI=1S/C19H22ClNO2S/c1-2-3-15-4-8-17(9-5-15)23-13-12-21-19(22)14-24-18-10-6-16(20)7-11-18/h4-11H,2-3,12-14H2,1H3,(H,21,22). The molecule has 0 saturated heterocycles. The first-order chi connectivity index (χ1) is 11.7. The van der Waals surface area contributed by atoms with E-state index >= 15 is 0 Å². The van der Waals surface area contributed by atoms with Crippen molar-refractivity contribution in [1.29, 1.82) is 0 Å². The molecule has 2 aromatic rings. The number of carbonyl (C=O) groups is 1. The van der Waals surface area contributed by atoms with Gasteiger partial charge in [0.25, 0.3) is 0 Å². The van der Waals surface area contributed by atoms with Gasteiger partial charge in [0.2, 0.25) is 5.91 Å². The summed E-state index contributed by atoms with van der Waals surface area (Å²) in [5.74, 6) is 1.21. The lowest BCUT2D eigenvalue weighted by atomic mass is 10.1. The molecule has 2 rings (SSSR count). The number of carbonyl (C=O) groups excluding carboxylic acids is 1. The summed E-state index contributed by atoms with van der Waals surface area (Å²) in [6.07, 6.45) is 2.22. The Balaban J connectivity index is 1.61. The lowest BCUT2D eigenvalue weighted by Gasteiger charge is -2.08. The van der Waals surface area contributed by atoms with Crippen LogP contribution < -0.4 is 10.1 Å². The summed E-state index contributed by atoms with van der Waals surface area (Å²) >= 11 is 7.32. The molecule has 0 aliphatic carbocycles. The fraction of sp³-hybridized carbons (Fsp3) is 0.316. The highest BCUT2D eigenvalue weighted by molar-refractivity contribution is 8.00. The third-order valence-electron chi connectivity index (χ3n) is 3.34. The monoisotopic (exact) mass is 363 g/mol. The Bertz CT molecular complexity index is 629. The van der Waals surface area contributed by atoms with Gasteiger partial charge in [-0.25, -0.2) is 0 Å². The minimum atomic E-state index is -0.00292. The van der Waals surface area contributed by atoms with E-state index in [1.54, 1.807) is 0 Å². The van der Waals surface area contributed by atoms with Crippen molar-refractivity contribution in [3.05, 3.63) is 59.1 Å². The molecule has 0 atom stereocenters. The average molecular weight is 364 g/mol.